The van der Waals surface area contributed by atoms with Crippen molar-refractivity contribution in [3.8, 4) is 5.75 Å². The van der Waals surface area contributed by atoms with Crippen molar-refractivity contribution in [3.05, 3.63) is 46.8 Å². The van der Waals surface area contributed by atoms with Gasteiger partial charge in [-0.1, -0.05) is 11.8 Å². The van der Waals surface area contributed by atoms with E-state index in [2.05, 4.69) is 20.4 Å². The Morgan fingerprint density at radius 1 is 1.20 bits per heavy atom. The van der Waals surface area contributed by atoms with E-state index in [1.54, 1.807) is 4.52 Å². The number of aryl methyl sites for hydroxylation is 2. The van der Waals surface area contributed by atoms with Gasteiger partial charge in [-0.3, -0.25) is 4.79 Å². The molecule has 0 fully saturated rings. The quantitative estimate of drug-likeness (QED) is 0.450. The second-order valence-electron chi connectivity index (χ2n) is 6.47. The van der Waals surface area contributed by atoms with Crippen molar-refractivity contribution in [2.24, 2.45) is 0 Å². The summed E-state index contributed by atoms with van der Waals surface area (Å²) < 4.78 is 44.7. The highest BCUT2D eigenvalue weighted by Crippen LogP contribution is 2.30. The monoisotopic (exact) mass is 439 g/mol. The van der Waals surface area contributed by atoms with Gasteiger partial charge in [0, 0.05) is 17.0 Å². The number of carbonyl (C=O) groups is 1. The van der Waals surface area contributed by atoms with Gasteiger partial charge in [-0.05, 0) is 44.4 Å². The SMILES string of the molecule is CSc1nc2nc(C)c(CC(=O)NCCOc3ccc(C(F)(F)F)cc3)c(C)n2n1. The summed E-state index contributed by atoms with van der Waals surface area (Å²) in [6.45, 7) is 4.02. The summed E-state index contributed by atoms with van der Waals surface area (Å²) in [7, 11) is 0. The Bertz CT molecular complexity index is 1050. The molecule has 0 radical (unpaired) electrons. The lowest BCUT2D eigenvalue weighted by Crippen LogP contribution is -2.30. The number of alkyl halides is 3. The molecule has 3 rings (SSSR count). The summed E-state index contributed by atoms with van der Waals surface area (Å²) in [4.78, 5) is 21.0. The molecule has 1 amide bonds. The molecule has 30 heavy (non-hydrogen) atoms. The first-order chi connectivity index (χ1) is 14.2. The molecule has 0 aliphatic heterocycles. The number of benzene rings is 1. The number of nitrogens with one attached hydrogen (secondary N) is 1. The van der Waals surface area contributed by atoms with Crippen molar-refractivity contribution in [1.29, 1.82) is 0 Å². The van der Waals surface area contributed by atoms with Crippen LogP contribution in [0.2, 0.25) is 0 Å². The van der Waals surface area contributed by atoms with Crippen molar-refractivity contribution in [1.82, 2.24) is 24.9 Å². The third-order valence-electron chi connectivity index (χ3n) is 4.42. The molecule has 0 bridgehead atoms. The topological polar surface area (TPSA) is 81.4 Å². The van der Waals surface area contributed by atoms with Gasteiger partial charge in [-0.25, -0.2) is 9.50 Å². The first-order valence-corrected chi connectivity index (χ1v) is 10.2. The van der Waals surface area contributed by atoms with Crippen molar-refractivity contribution in [2.75, 3.05) is 19.4 Å². The standard InChI is InChI=1S/C19H20F3N5O2S/c1-11-15(12(2)27-17(24-11)25-18(26-27)30-3)10-16(28)23-8-9-29-14-6-4-13(5-7-14)19(20,21)22/h4-7H,8-10H2,1-3H3,(H,23,28). The molecule has 1 N–H and O–H groups in total. The van der Waals surface area contributed by atoms with Crippen LogP contribution >= 0.6 is 11.8 Å². The van der Waals surface area contributed by atoms with Gasteiger partial charge in [0.25, 0.3) is 5.78 Å². The molecule has 0 unspecified atom stereocenters. The normalized spacial score (nSPS) is 11.7. The zero-order valence-corrected chi connectivity index (χ0v) is 17.4. The summed E-state index contributed by atoms with van der Waals surface area (Å²) in [5.41, 5.74) is 1.52. The Hall–Kier alpha value is -2.82. The summed E-state index contributed by atoms with van der Waals surface area (Å²) in [6, 6.07) is 4.41. The number of amides is 1. The van der Waals surface area contributed by atoms with E-state index >= 15 is 0 Å². The van der Waals surface area contributed by atoms with Gasteiger partial charge in [0.15, 0.2) is 0 Å². The number of carbonyl (C=O) groups excluding carboxylic acids is 1. The minimum absolute atomic E-state index is 0.120. The van der Waals surface area contributed by atoms with E-state index in [4.69, 9.17) is 4.74 Å². The molecule has 2 heterocycles. The highest BCUT2D eigenvalue weighted by atomic mass is 32.2. The lowest BCUT2D eigenvalue weighted by Gasteiger charge is -2.12. The summed E-state index contributed by atoms with van der Waals surface area (Å²) in [6.07, 6.45) is -2.39. The number of ether oxygens (including phenoxy) is 1. The van der Waals surface area contributed by atoms with Crippen LogP contribution in [0.5, 0.6) is 5.75 Å². The zero-order chi connectivity index (χ0) is 21.9. The number of hydrogen-bond donors (Lipinski definition) is 1. The summed E-state index contributed by atoms with van der Waals surface area (Å²) in [5, 5.41) is 7.69. The molecule has 0 aliphatic rings. The maximum absolute atomic E-state index is 12.6. The molecular formula is C19H20F3N5O2S. The van der Waals surface area contributed by atoms with Crippen molar-refractivity contribution >= 4 is 23.4 Å². The molecule has 0 spiro atoms. The molecule has 2 aromatic heterocycles. The highest BCUT2D eigenvalue weighted by Gasteiger charge is 2.30. The van der Waals surface area contributed by atoms with E-state index in [-0.39, 0.29) is 25.5 Å². The van der Waals surface area contributed by atoms with Gasteiger partial charge in [-0.15, -0.1) is 5.10 Å². The van der Waals surface area contributed by atoms with Gasteiger partial charge in [0.1, 0.15) is 12.4 Å². The average Bonchev–Trinajstić information content (AvgIpc) is 3.11. The number of fused-ring (bicyclic) bond motifs is 1. The van der Waals surface area contributed by atoms with Crippen LogP contribution in [0.15, 0.2) is 29.4 Å². The lowest BCUT2D eigenvalue weighted by atomic mass is 10.1. The predicted molar refractivity (Wildman–Crippen MR) is 106 cm³/mol. The smallest absolute Gasteiger partial charge is 0.416 e. The third-order valence-corrected chi connectivity index (χ3v) is 4.96. The third kappa shape index (κ3) is 5.02. The van der Waals surface area contributed by atoms with Crippen LogP contribution in [0.4, 0.5) is 13.2 Å². The summed E-state index contributed by atoms with van der Waals surface area (Å²) in [5.74, 6) is 0.571. The molecule has 3 aromatic rings. The molecule has 11 heteroatoms. The summed E-state index contributed by atoms with van der Waals surface area (Å²) >= 11 is 1.41. The molecule has 0 saturated carbocycles. The van der Waals surface area contributed by atoms with Crippen LogP contribution < -0.4 is 10.1 Å². The van der Waals surface area contributed by atoms with Crippen LogP contribution in [-0.2, 0) is 17.4 Å². The Morgan fingerprint density at radius 2 is 1.90 bits per heavy atom. The lowest BCUT2D eigenvalue weighted by molar-refractivity contribution is -0.137. The number of aromatic nitrogens is 4. The minimum Gasteiger partial charge on any atom is -0.492 e. The Morgan fingerprint density at radius 3 is 2.53 bits per heavy atom. The highest BCUT2D eigenvalue weighted by molar-refractivity contribution is 7.98. The minimum atomic E-state index is -4.39. The largest absolute Gasteiger partial charge is 0.492 e. The van der Waals surface area contributed by atoms with Gasteiger partial charge in [-0.2, -0.15) is 18.2 Å². The van der Waals surface area contributed by atoms with Gasteiger partial charge in [0.2, 0.25) is 11.1 Å². The zero-order valence-electron chi connectivity index (χ0n) is 16.6. The van der Waals surface area contributed by atoms with Gasteiger partial charge in [0.05, 0.1) is 18.5 Å². The number of thioether (sulfide) groups is 1. The number of rotatable bonds is 7. The van der Waals surface area contributed by atoms with Crippen molar-refractivity contribution < 1.29 is 22.7 Å². The van der Waals surface area contributed by atoms with Crippen LogP contribution in [0.1, 0.15) is 22.5 Å². The van der Waals surface area contributed by atoms with E-state index in [1.807, 2.05) is 20.1 Å². The second kappa shape index (κ2) is 8.90. The van der Waals surface area contributed by atoms with Crippen LogP contribution in [0.25, 0.3) is 5.78 Å². The molecule has 0 saturated heterocycles. The number of hydrogen-bond acceptors (Lipinski definition) is 6. The fraction of sp³-hybridized carbons (Fsp3) is 0.368. The van der Waals surface area contributed by atoms with Gasteiger partial charge >= 0.3 is 6.18 Å². The molecule has 7 nitrogen and oxygen atoms in total. The van der Waals surface area contributed by atoms with Crippen molar-refractivity contribution in [2.45, 2.75) is 31.6 Å². The number of halogens is 3. The van der Waals surface area contributed by atoms with E-state index in [9.17, 15) is 18.0 Å². The Kier molecular flexibility index (Phi) is 6.49. The van der Waals surface area contributed by atoms with Crippen molar-refractivity contribution in [3.63, 3.8) is 0 Å². The van der Waals surface area contributed by atoms with E-state index in [0.29, 0.717) is 22.4 Å². The molecular weight excluding hydrogens is 419 g/mol. The van der Waals surface area contributed by atoms with Gasteiger partial charge < -0.3 is 10.1 Å². The van der Waals surface area contributed by atoms with E-state index in [0.717, 1.165) is 23.4 Å². The molecule has 0 aliphatic carbocycles. The van der Waals surface area contributed by atoms with Crippen LogP contribution in [0.3, 0.4) is 0 Å². The maximum atomic E-state index is 12.6. The number of nitrogens with zero attached hydrogens (tertiary/aromatic N) is 4. The average molecular weight is 439 g/mol. The fourth-order valence-corrected chi connectivity index (χ4v) is 3.19. The first-order valence-electron chi connectivity index (χ1n) is 9.02. The van der Waals surface area contributed by atoms with E-state index < -0.39 is 11.7 Å². The Labute approximate surface area is 175 Å². The van der Waals surface area contributed by atoms with Crippen LogP contribution in [0, 0.1) is 13.8 Å². The Balaban J connectivity index is 1.54. The first kappa shape index (κ1) is 21.9. The molecule has 1 aromatic carbocycles. The van der Waals surface area contributed by atoms with Crippen LogP contribution in [-0.4, -0.2) is 44.9 Å². The maximum Gasteiger partial charge on any atom is 0.416 e. The predicted octanol–water partition coefficient (Wildman–Crippen LogP) is 3.22. The fourth-order valence-electron chi connectivity index (χ4n) is 2.85. The molecule has 160 valence electrons. The van der Waals surface area contributed by atoms with E-state index in [1.165, 1.54) is 23.9 Å². The second-order valence-corrected chi connectivity index (χ2v) is 7.24. The molecule has 0 atom stereocenters.